The highest BCUT2D eigenvalue weighted by Crippen LogP contribution is 2.44. The lowest BCUT2D eigenvalue weighted by Gasteiger charge is -2.26. The summed E-state index contributed by atoms with van der Waals surface area (Å²) in [6.07, 6.45) is 11.3. The summed E-state index contributed by atoms with van der Waals surface area (Å²) in [4.78, 5) is 43.4. The van der Waals surface area contributed by atoms with Gasteiger partial charge in [0.2, 0.25) is 5.91 Å². The highest BCUT2D eigenvalue weighted by Gasteiger charge is 2.28. The van der Waals surface area contributed by atoms with E-state index in [4.69, 9.17) is 25.5 Å². The predicted molar refractivity (Wildman–Crippen MR) is 370 cm³/mol. The Morgan fingerprint density at radius 3 is 1.08 bits per heavy atom. The van der Waals surface area contributed by atoms with Gasteiger partial charge in [0, 0.05) is 57.3 Å². The van der Waals surface area contributed by atoms with E-state index in [9.17, 15) is 9.59 Å². The molecule has 0 fully saturated rings. The number of amides is 1. The van der Waals surface area contributed by atoms with E-state index in [0.717, 1.165) is 89.4 Å². The van der Waals surface area contributed by atoms with Crippen LogP contribution < -0.4 is 15.8 Å². The molecule has 1 atom stereocenters. The van der Waals surface area contributed by atoms with Crippen LogP contribution in [0.1, 0.15) is 213 Å². The van der Waals surface area contributed by atoms with E-state index in [-0.39, 0.29) is 38.4 Å². The fraction of sp³-hybridized carbons (Fsp3) is 0.410. The van der Waals surface area contributed by atoms with E-state index < -0.39 is 12.0 Å². The number of nitrogens with zero attached hydrogens (tertiary/aromatic N) is 2. The number of benzene rings is 4. The first-order valence-electron chi connectivity index (χ1n) is 31.7. The Bertz CT molecular complexity index is 3840. The maximum atomic E-state index is 12.7. The summed E-state index contributed by atoms with van der Waals surface area (Å²) in [5.74, 6) is -0.378. The van der Waals surface area contributed by atoms with Crippen LogP contribution in [0.15, 0.2) is 103 Å². The first-order valence-corrected chi connectivity index (χ1v) is 31.7. The molecule has 0 spiro atoms. The molecule has 3 aromatic heterocycles. The van der Waals surface area contributed by atoms with Crippen LogP contribution in [-0.2, 0) is 42.1 Å². The minimum atomic E-state index is -1.01. The third-order valence-corrected chi connectivity index (χ3v) is 17.2. The molecule has 0 radical (unpaired) electrons. The van der Waals surface area contributed by atoms with E-state index >= 15 is 0 Å². The lowest BCUT2D eigenvalue weighted by Crippen LogP contribution is -2.30. The van der Waals surface area contributed by atoms with Gasteiger partial charge in [-0.15, -0.1) is 0 Å². The number of carbonyl (C=O) groups is 2. The quantitative estimate of drug-likeness (QED) is 0.0639. The van der Waals surface area contributed by atoms with Crippen LogP contribution in [0.3, 0.4) is 0 Å². The molecule has 8 bridgehead atoms. The number of H-pyrrole nitrogens is 2. The van der Waals surface area contributed by atoms with Gasteiger partial charge < -0.3 is 30.9 Å². The van der Waals surface area contributed by atoms with Crippen molar-refractivity contribution in [3.8, 4) is 50.3 Å². The van der Waals surface area contributed by atoms with E-state index in [1.807, 2.05) is 12.1 Å². The summed E-state index contributed by atoms with van der Waals surface area (Å²) in [5, 5.41) is 12.0. The first-order chi connectivity index (χ1) is 41.0. The molecule has 2 aliphatic rings. The number of fused-ring (bicyclic) bond motifs is 8. The van der Waals surface area contributed by atoms with Crippen molar-refractivity contribution < 1.29 is 19.4 Å². The van der Waals surface area contributed by atoms with Crippen LogP contribution in [-0.4, -0.2) is 56.1 Å². The number of unbranched alkanes of at least 4 members (excludes halogenated alkanes) is 1. The zero-order valence-electron chi connectivity index (χ0n) is 55.8. The molecule has 88 heavy (non-hydrogen) atoms. The average molecular weight is 1180 g/mol. The van der Waals surface area contributed by atoms with Crippen LogP contribution >= 0.6 is 0 Å². The van der Waals surface area contributed by atoms with Crippen LogP contribution in [0.4, 0.5) is 0 Å². The molecule has 0 saturated carbocycles. The van der Waals surface area contributed by atoms with Crippen LogP contribution in [0.2, 0.25) is 0 Å². The Kier molecular flexibility index (Phi) is 18.1. The van der Waals surface area contributed by atoms with Crippen molar-refractivity contribution in [1.29, 1.82) is 0 Å². The van der Waals surface area contributed by atoms with Crippen molar-refractivity contribution in [1.82, 2.24) is 25.3 Å². The van der Waals surface area contributed by atoms with Gasteiger partial charge >= 0.3 is 5.97 Å². The largest absolute Gasteiger partial charge is 0.494 e. The Balaban J connectivity index is 1.31. The van der Waals surface area contributed by atoms with Gasteiger partial charge in [-0.2, -0.15) is 0 Å². The predicted octanol–water partition coefficient (Wildman–Crippen LogP) is 19.0. The smallest absolute Gasteiger partial charge is 0.320 e. The summed E-state index contributed by atoms with van der Waals surface area (Å²) >= 11 is 0. The number of aromatic amines is 2. The second-order valence-corrected chi connectivity index (χ2v) is 30.7. The molecule has 1 amide bonds. The lowest BCUT2D eigenvalue weighted by molar-refractivity contribution is -0.138. The van der Waals surface area contributed by atoms with Crippen molar-refractivity contribution in [3.05, 3.63) is 159 Å². The third-order valence-electron chi connectivity index (χ3n) is 17.2. The molecular formula is C78H96N6O4. The Hall–Kier alpha value is -7.82. The van der Waals surface area contributed by atoms with Crippen molar-refractivity contribution in [2.45, 2.75) is 195 Å². The fourth-order valence-corrected chi connectivity index (χ4v) is 11.4. The zero-order chi connectivity index (χ0) is 64.1. The summed E-state index contributed by atoms with van der Waals surface area (Å²) in [6, 6.07) is 37.6. The van der Waals surface area contributed by atoms with Crippen LogP contribution in [0, 0.1) is 0 Å². The molecule has 0 saturated heterocycles. The minimum Gasteiger partial charge on any atom is -0.494 e. The van der Waals surface area contributed by atoms with Crippen molar-refractivity contribution in [3.63, 3.8) is 0 Å². The van der Waals surface area contributed by atoms with E-state index in [1.165, 1.54) is 33.4 Å². The number of ether oxygens (including phenoxy) is 1. The Morgan fingerprint density at radius 1 is 0.455 bits per heavy atom. The standard InChI is InChI=1S/C78H96N6O4/c1-73(2,3)51-38-48(39-52(44-51)74(4,5)6)69-61-30-28-59(81-61)68(47-24-26-57(27-25-47)88-37-21-23-67(85)80-36-20-19-22-58(79)72(86)87)60-29-31-62(82-60)70(49-40-53(75(7,8)9)45-54(41-49)76(10,11)12)64-33-35-66(84-64)71(65-34-32-63(69)83-65)50-42-55(77(13,14)15)46-56(43-50)78(16,17)18/h24-35,38-46,58,81,84H,19-23,36-37,79H2,1-18H3,(H,80,85)(H,86,87). The highest BCUT2D eigenvalue weighted by atomic mass is 16.5. The second-order valence-electron chi connectivity index (χ2n) is 30.7. The number of hydrogen-bond donors (Lipinski definition) is 5. The number of nitrogens with one attached hydrogen (secondary N) is 3. The molecule has 0 aliphatic carbocycles. The summed E-state index contributed by atoms with van der Waals surface area (Å²) in [6.45, 7) is 42.1. The third kappa shape index (κ3) is 14.8. The number of aromatic nitrogens is 4. The minimum absolute atomic E-state index is 0.0651. The van der Waals surface area contributed by atoms with Gasteiger partial charge in [-0.1, -0.05) is 191 Å². The molecule has 10 heteroatoms. The number of nitrogens with two attached hydrogens (primary N) is 1. The number of hydrogen-bond acceptors (Lipinski definition) is 6. The molecule has 1 unspecified atom stereocenters. The number of carboxylic acids is 1. The first kappa shape index (κ1) is 64.6. The van der Waals surface area contributed by atoms with E-state index in [0.29, 0.717) is 51.0 Å². The van der Waals surface area contributed by atoms with Gasteiger partial charge in [-0.25, -0.2) is 9.97 Å². The van der Waals surface area contributed by atoms with Crippen molar-refractivity contribution >= 4 is 58.2 Å². The monoisotopic (exact) mass is 1180 g/mol. The number of aliphatic carboxylic acids is 1. The summed E-state index contributed by atoms with van der Waals surface area (Å²) in [7, 11) is 0. The number of carboxylic acid groups (broad SMARTS) is 1. The van der Waals surface area contributed by atoms with Gasteiger partial charge in [0.1, 0.15) is 11.8 Å². The van der Waals surface area contributed by atoms with Crippen LogP contribution in [0.25, 0.3) is 90.9 Å². The van der Waals surface area contributed by atoms with Gasteiger partial charge in [0.25, 0.3) is 0 Å². The zero-order valence-corrected chi connectivity index (χ0v) is 55.8. The highest BCUT2D eigenvalue weighted by molar-refractivity contribution is 6.00. The van der Waals surface area contributed by atoms with E-state index in [2.05, 4.69) is 255 Å². The molecule has 6 N–H and O–H groups in total. The molecule has 5 heterocycles. The Morgan fingerprint density at radius 2 is 0.773 bits per heavy atom. The van der Waals surface area contributed by atoms with Crippen LogP contribution in [0.5, 0.6) is 5.75 Å². The fourth-order valence-electron chi connectivity index (χ4n) is 11.4. The van der Waals surface area contributed by atoms with Gasteiger partial charge in [-0.3, -0.25) is 9.59 Å². The van der Waals surface area contributed by atoms with Gasteiger partial charge in [0.15, 0.2) is 0 Å². The summed E-state index contributed by atoms with van der Waals surface area (Å²) < 4.78 is 6.27. The molecule has 4 aromatic carbocycles. The molecular weight excluding hydrogens is 1080 g/mol. The molecule has 10 nitrogen and oxygen atoms in total. The maximum absolute atomic E-state index is 12.7. The normalized spacial score (nSPS) is 13.5. The summed E-state index contributed by atoms with van der Waals surface area (Å²) in [5.41, 5.74) is 27.7. The SMILES string of the molecule is CC(C)(C)c1cc(-c2c3nc(c(-c4cc(C(C)(C)C)cc(C(C)(C)C)c4)c4ccc([nH]4)c(-c4cc(C(C)(C)C)cc(C(C)(C)C)c4)c4nc(c(-c5ccc(OCCCC(=O)NCCCCC(N)C(=O)O)cc5)c5ccc2[nH]5)C=C4)C=C3)cc(C(C)(C)C)c1. The molecule has 462 valence electrons. The molecule has 7 aromatic rings. The second kappa shape index (κ2) is 24.6. The lowest BCUT2D eigenvalue weighted by atomic mass is 9.78. The number of carbonyl (C=O) groups excluding carboxylic acids is 1. The average Bonchev–Trinajstić information content (AvgIpc) is 1.61. The van der Waals surface area contributed by atoms with Gasteiger partial charge in [0.05, 0.1) is 29.4 Å². The molecule has 2 aliphatic heterocycles. The Labute approximate surface area is 524 Å². The number of rotatable bonds is 15. The molecule has 9 rings (SSSR count). The van der Waals surface area contributed by atoms with Crippen molar-refractivity contribution in [2.75, 3.05) is 13.2 Å². The topological polar surface area (TPSA) is 159 Å². The van der Waals surface area contributed by atoms with E-state index in [1.54, 1.807) is 0 Å². The maximum Gasteiger partial charge on any atom is 0.320 e. The van der Waals surface area contributed by atoms with Crippen molar-refractivity contribution in [2.24, 2.45) is 5.73 Å². The van der Waals surface area contributed by atoms with Gasteiger partial charge in [-0.05, 0) is 175 Å².